The second-order valence-electron chi connectivity index (χ2n) is 6.73. The van der Waals surface area contributed by atoms with Crippen LogP contribution in [0.5, 0.6) is 0 Å². The van der Waals surface area contributed by atoms with Gasteiger partial charge in [-0.1, -0.05) is 19.3 Å². The van der Waals surface area contributed by atoms with Crippen molar-refractivity contribution in [3.8, 4) is 0 Å². The van der Waals surface area contributed by atoms with E-state index in [4.69, 9.17) is 10.5 Å². The number of rotatable bonds is 1. The Morgan fingerprint density at radius 1 is 1.28 bits per heavy atom. The molecule has 4 heteroatoms. The summed E-state index contributed by atoms with van der Waals surface area (Å²) in [4.78, 5) is 13.9. The zero-order valence-electron chi connectivity index (χ0n) is 11.8. The van der Waals surface area contributed by atoms with Gasteiger partial charge in [-0.3, -0.25) is 0 Å². The molecule has 0 spiro atoms. The minimum atomic E-state index is -0.414. The topological polar surface area (TPSA) is 55.6 Å². The lowest BCUT2D eigenvalue weighted by Crippen LogP contribution is -2.53. The molecule has 4 nitrogen and oxygen atoms in total. The molecule has 0 bridgehead atoms. The Hall–Kier alpha value is -0.770. The number of amides is 1. The molecule has 0 aromatic rings. The fourth-order valence-electron chi connectivity index (χ4n) is 2.86. The van der Waals surface area contributed by atoms with E-state index >= 15 is 0 Å². The van der Waals surface area contributed by atoms with Crippen LogP contribution in [-0.2, 0) is 4.74 Å². The number of ether oxygens (including phenoxy) is 1. The molecule has 1 amide bonds. The highest BCUT2D eigenvalue weighted by atomic mass is 16.6. The SMILES string of the molecule is CC(C)(C)OC(=O)N1CCC(N)C(C2CCC2)C1. The first-order chi connectivity index (χ1) is 8.37. The monoisotopic (exact) mass is 254 g/mol. The van der Waals surface area contributed by atoms with E-state index in [1.165, 1.54) is 19.3 Å². The second-order valence-corrected chi connectivity index (χ2v) is 6.73. The maximum atomic E-state index is 12.1. The Labute approximate surface area is 110 Å². The van der Waals surface area contributed by atoms with E-state index in [1.807, 2.05) is 25.7 Å². The summed E-state index contributed by atoms with van der Waals surface area (Å²) in [5, 5.41) is 0. The summed E-state index contributed by atoms with van der Waals surface area (Å²) < 4.78 is 5.44. The Bertz CT molecular complexity index is 305. The minimum Gasteiger partial charge on any atom is -0.444 e. The van der Waals surface area contributed by atoms with Gasteiger partial charge >= 0.3 is 6.09 Å². The molecule has 2 aliphatic rings. The van der Waals surface area contributed by atoms with Crippen LogP contribution < -0.4 is 5.73 Å². The number of nitrogens with zero attached hydrogens (tertiary/aromatic N) is 1. The zero-order chi connectivity index (χ0) is 13.3. The van der Waals surface area contributed by atoms with Crippen LogP contribution in [0.1, 0.15) is 46.5 Å². The first-order valence-corrected chi connectivity index (χ1v) is 7.10. The Morgan fingerprint density at radius 2 is 1.94 bits per heavy atom. The fraction of sp³-hybridized carbons (Fsp3) is 0.929. The third-order valence-corrected chi connectivity index (χ3v) is 4.12. The van der Waals surface area contributed by atoms with E-state index in [1.54, 1.807) is 0 Å². The minimum absolute atomic E-state index is 0.182. The van der Waals surface area contributed by atoms with Gasteiger partial charge in [0.15, 0.2) is 0 Å². The predicted octanol–water partition coefficient (Wildman–Crippen LogP) is 2.37. The van der Waals surface area contributed by atoms with Gasteiger partial charge in [-0.25, -0.2) is 4.79 Å². The molecule has 2 atom stereocenters. The van der Waals surface area contributed by atoms with E-state index in [-0.39, 0.29) is 12.1 Å². The van der Waals surface area contributed by atoms with Crippen molar-refractivity contribution in [1.29, 1.82) is 0 Å². The number of likely N-dealkylation sites (tertiary alicyclic amines) is 1. The Kier molecular flexibility index (Phi) is 3.85. The molecule has 2 unspecified atom stereocenters. The largest absolute Gasteiger partial charge is 0.444 e. The summed E-state index contributed by atoms with van der Waals surface area (Å²) in [6, 6.07) is 0.258. The molecule has 2 rings (SSSR count). The fourth-order valence-corrected chi connectivity index (χ4v) is 2.86. The highest BCUT2D eigenvalue weighted by molar-refractivity contribution is 5.68. The molecule has 18 heavy (non-hydrogen) atoms. The molecule has 1 saturated carbocycles. The molecule has 0 aromatic heterocycles. The molecule has 104 valence electrons. The highest BCUT2D eigenvalue weighted by Gasteiger charge is 2.38. The first kappa shape index (κ1) is 13.7. The lowest BCUT2D eigenvalue weighted by atomic mass is 9.71. The van der Waals surface area contributed by atoms with Crippen LogP contribution in [0.25, 0.3) is 0 Å². The van der Waals surface area contributed by atoms with Crippen LogP contribution in [0.2, 0.25) is 0 Å². The number of piperidine rings is 1. The average Bonchev–Trinajstić information content (AvgIpc) is 2.15. The molecular weight excluding hydrogens is 228 g/mol. The summed E-state index contributed by atoms with van der Waals surface area (Å²) in [6.45, 7) is 7.23. The van der Waals surface area contributed by atoms with Crippen molar-refractivity contribution in [2.45, 2.75) is 58.1 Å². The van der Waals surface area contributed by atoms with Gasteiger partial charge in [-0.2, -0.15) is 0 Å². The van der Waals surface area contributed by atoms with Gasteiger partial charge in [-0.15, -0.1) is 0 Å². The third kappa shape index (κ3) is 3.16. The summed E-state index contributed by atoms with van der Waals surface area (Å²) in [6.07, 6.45) is 4.60. The number of hydrogen-bond acceptors (Lipinski definition) is 3. The van der Waals surface area contributed by atoms with Crippen LogP contribution >= 0.6 is 0 Å². The van der Waals surface area contributed by atoms with Gasteiger partial charge in [0, 0.05) is 19.1 Å². The number of hydrogen-bond donors (Lipinski definition) is 1. The predicted molar refractivity (Wildman–Crippen MR) is 71.2 cm³/mol. The van der Waals surface area contributed by atoms with Crippen molar-refractivity contribution in [3.05, 3.63) is 0 Å². The standard InChI is InChI=1S/C14H26N2O2/c1-14(2,3)18-13(17)16-8-7-12(15)11(9-16)10-5-4-6-10/h10-12H,4-9,15H2,1-3H3. The molecule has 0 aromatic carbocycles. The van der Waals surface area contributed by atoms with Gasteiger partial charge in [0.1, 0.15) is 5.60 Å². The van der Waals surface area contributed by atoms with E-state index < -0.39 is 5.60 Å². The Morgan fingerprint density at radius 3 is 2.44 bits per heavy atom. The summed E-state index contributed by atoms with van der Waals surface area (Å²) in [5.41, 5.74) is 5.79. The molecule has 2 fully saturated rings. The summed E-state index contributed by atoms with van der Waals surface area (Å²) in [7, 11) is 0. The number of nitrogens with two attached hydrogens (primary N) is 1. The van der Waals surface area contributed by atoms with Crippen molar-refractivity contribution in [3.63, 3.8) is 0 Å². The van der Waals surface area contributed by atoms with Crippen LogP contribution in [0.4, 0.5) is 4.79 Å². The van der Waals surface area contributed by atoms with Gasteiger partial charge in [-0.05, 0) is 39.0 Å². The van der Waals surface area contributed by atoms with Crippen molar-refractivity contribution in [2.24, 2.45) is 17.6 Å². The lowest BCUT2D eigenvalue weighted by molar-refractivity contribution is 0.00577. The molecule has 1 saturated heterocycles. The van der Waals surface area contributed by atoms with E-state index in [2.05, 4.69) is 0 Å². The lowest BCUT2D eigenvalue weighted by Gasteiger charge is -2.44. The normalized spacial score (nSPS) is 29.9. The van der Waals surface area contributed by atoms with Gasteiger partial charge in [0.05, 0.1) is 0 Å². The maximum Gasteiger partial charge on any atom is 0.410 e. The van der Waals surface area contributed by atoms with Gasteiger partial charge in [0.25, 0.3) is 0 Å². The Balaban J connectivity index is 1.92. The van der Waals surface area contributed by atoms with Crippen LogP contribution in [0.3, 0.4) is 0 Å². The zero-order valence-corrected chi connectivity index (χ0v) is 11.8. The van der Waals surface area contributed by atoms with Crippen LogP contribution in [0.15, 0.2) is 0 Å². The summed E-state index contributed by atoms with van der Waals surface area (Å²) >= 11 is 0. The van der Waals surface area contributed by atoms with E-state index in [0.717, 1.165) is 25.4 Å². The van der Waals surface area contributed by atoms with Gasteiger partial charge in [0.2, 0.25) is 0 Å². The van der Waals surface area contributed by atoms with E-state index in [9.17, 15) is 4.79 Å². The van der Waals surface area contributed by atoms with Crippen LogP contribution in [0, 0.1) is 11.8 Å². The molecule has 0 radical (unpaired) electrons. The smallest absolute Gasteiger partial charge is 0.410 e. The quantitative estimate of drug-likeness (QED) is 0.781. The molecular formula is C14H26N2O2. The first-order valence-electron chi connectivity index (χ1n) is 7.10. The van der Waals surface area contributed by atoms with Crippen molar-refractivity contribution in [1.82, 2.24) is 4.90 Å². The van der Waals surface area contributed by atoms with Crippen molar-refractivity contribution >= 4 is 6.09 Å². The number of carbonyl (C=O) groups excluding carboxylic acids is 1. The third-order valence-electron chi connectivity index (χ3n) is 4.12. The van der Waals surface area contributed by atoms with Crippen molar-refractivity contribution in [2.75, 3.05) is 13.1 Å². The molecule has 1 heterocycles. The second kappa shape index (κ2) is 5.08. The molecule has 1 aliphatic carbocycles. The summed E-state index contributed by atoms with van der Waals surface area (Å²) in [5.74, 6) is 1.20. The van der Waals surface area contributed by atoms with Gasteiger partial charge < -0.3 is 15.4 Å². The maximum absolute atomic E-state index is 12.1. The van der Waals surface area contributed by atoms with Crippen LogP contribution in [-0.4, -0.2) is 35.7 Å². The molecule has 2 N–H and O–H groups in total. The number of carbonyl (C=O) groups is 1. The average molecular weight is 254 g/mol. The van der Waals surface area contributed by atoms with E-state index in [0.29, 0.717) is 5.92 Å². The molecule has 1 aliphatic heterocycles. The highest BCUT2D eigenvalue weighted by Crippen LogP contribution is 2.37. The van der Waals surface area contributed by atoms with Crippen molar-refractivity contribution < 1.29 is 9.53 Å².